The van der Waals surface area contributed by atoms with E-state index >= 15 is 0 Å². The molecule has 0 N–H and O–H groups in total. The van der Waals surface area contributed by atoms with Gasteiger partial charge >= 0.3 is 0 Å². The normalized spacial score (nSPS) is 15.1. The maximum Gasteiger partial charge on any atom is 0.170 e. The van der Waals surface area contributed by atoms with Crippen molar-refractivity contribution in [2.45, 2.75) is 0 Å². The van der Waals surface area contributed by atoms with Crippen LogP contribution in [0.2, 0.25) is 0 Å². The molecule has 3 nitrogen and oxygen atoms in total. The van der Waals surface area contributed by atoms with Crippen LogP contribution in [0.1, 0.15) is 5.56 Å². The third-order valence-electron chi connectivity index (χ3n) is 2.79. The van der Waals surface area contributed by atoms with Gasteiger partial charge in [-0.15, -0.1) is 0 Å². The average Bonchev–Trinajstić information content (AvgIpc) is 2.31. The molecule has 2 rings (SSSR count). The minimum atomic E-state index is 0. The summed E-state index contributed by atoms with van der Waals surface area (Å²) in [4.78, 5) is 2.11. The predicted octanol–water partition coefficient (Wildman–Crippen LogP) is -1.78. The summed E-state index contributed by atoms with van der Waals surface area (Å²) in [5, 5.41) is 0. The molecule has 1 aliphatic heterocycles. The Morgan fingerprint density at radius 1 is 1.12 bits per heavy atom. The number of morpholine rings is 1. The molecule has 1 aliphatic rings. The van der Waals surface area contributed by atoms with Gasteiger partial charge in [-0.1, -0.05) is 0 Å². The Bertz CT molecular complexity index is 366. The molecule has 1 heterocycles. The molecule has 0 amide bonds. The Kier molecular flexibility index (Phi) is 5.45. The van der Waals surface area contributed by atoms with Crippen molar-refractivity contribution in [3.63, 3.8) is 0 Å². The van der Waals surface area contributed by atoms with E-state index in [-0.39, 0.29) is 12.4 Å². The highest BCUT2D eigenvalue weighted by molar-refractivity contribution is 5.76. The lowest BCUT2D eigenvalue weighted by Crippen LogP contribution is -3.00. The monoisotopic (exact) mass is 254 g/mol. The van der Waals surface area contributed by atoms with Crippen LogP contribution in [0.4, 0.5) is 5.69 Å². The number of hydrogen-bond donors (Lipinski definition) is 0. The lowest BCUT2D eigenvalue weighted by Gasteiger charge is -2.12. The fraction of sp³-hybridized carbons (Fsp3) is 0.462. The van der Waals surface area contributed by atoms with E-state index in [0.29, 0.717) is 0 Å². The molecule has 1 aromatic carbocycles. The van der Waals surface area contributed by atoms with Crippen molar-refractivity contribution in [2.24, 2.45) is 0 Å². The molecule has 94 valence electrons. The summed E-state index contributed by atoms with van der Waals surface area (Å²) in [5.41, 5.74) is 2.49. The molecular formula is C13H19ClN2O. The molecule has 0 bridgehead atoms. The fourth-order valence-electron chi connectivity index (χ4n) is 1.78. The van der Waals surface area contributed by atoms with Crippen LogP contribution in [0.3, 0.4) is 0 Å². The SMILES string of the molecule is CN(C)c1ccc(C=[N+]2CCOCC2)cc1.[Cl-]. The van der Waals surface area contributed by atoms with Crippen molar-refractivity contribution in [2.75, 3.05) is 45.3 Å². The first-order valence-electron chi connectivity index (χ1n) is 5.70. The van der Waals surface area contributed by atoms with Crippen LogP contribution in [0.15, 0.2) is 24.3 Å². The Morgan fingerprint density at radius 2 is 1.71 bits per heavy atom. The van der Waals surface area contributed by atoms with E-state index < -0.39 is 0 Å². The zero-order valence-electron chi connectivity index (χ0n) is 10.4. The molecule has 1 aromatic rings. The molecule has 0 saturated carbocycles. The molecule has 0 atom stereocenters. The van der Waals surface area contributed by atoms with Gasteiger partial charge in [0, 0.05) is 25.3 Å². The quantitative estimate of drug-likeness (QED) is 0.580. The van der Waals surface area contributed by atoms with Gasteiger partial charge in [-0.3, -0.25) is 0 Å². The second-order valence-corrected chi connectivity index (χ2v) is 4.26. The van der Waals surface area contributed by atoms with Crippen molar-refractivity contribution in [1.82, 2.24) is 0 Å². The predicted molar refractivity (Wildman–Crippen MR) is 66.7 cm³/mol. The molecule has 4 heteroatoms. The molecule has 0 unspecified atom stereocenters. The second kappa shape index (κ2) is 6.62. The number of anilines is 1. The van der Waals surface area contributed by atoms with Gasteiger partial charge in [-0.25, -0.2) is 4.58 Å². The van der Waals surface area contributed by atoms with Gasteiger partial charge in [0.15, 0.2) is 19.3 Å². The summed E-state index contributed by atoms with van der Waals surface area (Å²) >= 11 is 0. The van der Waals surface area contributed by atoms with E-state index in [1.54, 1.807) is 0 Å². The van der Waals surface area contributed by atoms with Crippen LogP contribution < -0.4 is 17.3 Å². The minimum absolute atomic E-state index is 0. The maximum absolute atomic E-state index is 5.32. The van der Waals surface area contributed by atoms with Crippen LogP contribution >= 0.6 is 0 Å². The lowest BCUT2D eigenvalue weighted by atomic mass is 10.2. The Hall–Kier alpha value is -1.06. The first-order valence-corrected chi connectivity index (χ1v) is 5.70. The summed E-state index contributed by atoms with van der Waals surface area (Å²) in [6.07, 6.45) is 2.21. The van der Waals surface area contributed by atoms with Crippen LogP contribution in [-0.2, 0) is 4.74 Å². The largest absolute Gasteiger partial charge is 1.00 e. The van der Waals surface area contributed by atoms with Gasteiger partial charge in [0.25, 0.3) is 0 Å². The van der Waals surface area contributed by atoms with Gasteiger partial charge in [0.1, 0.15) is 13.2 Å². The van der Waals surface area contributed by atoms with Gasteiger partial charge < -0.3 is 22.0 Å². The first-order chi connectivity index (χ1) is 7.75. The third-order valence-corrected chi connectivity index (χ3v) is 2.79. The van der Waals surface area contributed by atoms with Crippen molar-refractivity contribution in [3.8, 4) is 0 Å². The standard InChI is InChI=1S/C13H19N2O.ClH/c1-14(2)13-5-3-12(4-6-13)11-15-7-9-16-10-8-15;/h3-6,11H,7-10H2,1-2H3;1H/q+1;/p-1. The zero-order chi connectivity index (χ0) is 11.4. The smallest absolute Gasteiger partial charge is 0.170 e. The van der Waals surface area contributed by atoms with E-state index in [2.05, 4.69) is 54.1 Å². The highest BCUT2D eigenvalue weighted by Crippen LogP contribution is 2.10. The van der Waals surface area contributed by atoms with Gasteiger partial charge in [0.05, 0.1) is 0 Å². The number of hydrogen-bond acceptors (Lipinski definition) is 2. The van der Waals surface area contributed by atoms with Crippen LogP contribution in [0.25, 0.3) is 0 Å². The van der Waals surface area contributed by atoms with Crippen LogP contribution in [-0.4, -0.2) is 51.2 Å². The molecular weight excluding hydrogens is 236 g/mol. The molecule has 1 saturated heterocycles. The Morgan fingerprint density at radius 3 is 2.24 bits per heavy atom. The Balaban J connectivity index is 0.00000144. The minimum Gasteiger partial charge on any atom is -1.00 e. The number of ether oxygens (including phenoxy) is 1. The molecule has 0 aromatic heterocycles. The number of rotatable bonds is 2. The van der Waals surface area contributed by atoms with Crippen molar-refractivity contribution in [1.29, 1.82) is 0 Å². The lowest BCUT2D eigenvalue weighted by molar-refractivity contribution is -0.544. The summed E-state index contributed by atoms with van der Waals surface area (Å²) in [7, 11) is 4.11. The van der Waals surface area contributed by atoms with E-state index in [1.165, 1.54) is 11.3 Å². The number of nitrogens with zero attached hydrogens (tertiary/aromatic N) is 2. The molecule has 0 spiro atoms. The van der Waals surface area contributed by atoms with E-state index in [4.69, 9.17) is 4.74 Å². The average molecular weight is 255 g/mol. The van der Waals surface area contributed by atoms with E-state index in [1.807, 2.05) is 0 Å². The summed E-state index contributed by atoms with van der Waals surface area (Å²) < 4.78 is 7.63. The van der Waals surface area contributed by atoms with Crippen LogP contribution in [0, 0.1) is 0 Å². The number of benzene rings is 1. The highest BCUT2D eigenvalue weighted by atomic mass is 35.5. The molecule has 17 heavy (non-hydrogen) atoms. The molecule has 1 fully saturated rings. The third kappa shape index (κ3) is 4.02. The van der Waals surface area contributed by atoms with Crippen LogP contribution in [0.5, 0.6) is 0 Å². The van der Waals surface area contributed by atoms with Gasteiger partial charge in [0.2, 0.25) is 0 Å². The van der Waals surface area contributed by atoms with E-state index in [9.17, 15) is 0 Å². The maximum atomic E-state index is 5.32. The van der Waals surface area contributed by atoms with Crippen molar-refractivity contribution in [3.05, 3.63) is 29.8 Å². The zero-order valence-corrected chi connectivity index (χ0v) is 11.2. The number of halogens is 1. The van der Waals surface area contributed by atoms with Crippen molar-refractivity contribution < 1.29 is 21.7 Å². The summed E-state index contributed by atoms with van der Waals surface area (Å²) in [5.74, 6) is 0. The van der Waals surface area contributed by atoms with Gasteiger partial charge in [-0.05, 0) is 24.3 Å². The topological polar surface area (TPSA) is 15.5 Å². The van der Waals surface area contributed by atoms with Gasteiger partial charge in [-0.2, -0.15) is 0 Å². The van der Waals surface area contributed by atoms with E-state index in [0.717, 1.165) is 26.3 Å². The van der Waals surface area contributed by atoms with Crippen molar-refractivity contribution >= 4 is 11.9 Å². The molecule has 0 radical (unpaired) electrons. The summed E-state index contributed by atoms with van der Waals surface area (Å²) in [6.45, 7) is 3.67. The second-order valence-electron chi connectivity index (χ2n) is 4.26. The Labute approximate surface area is 109 Å². The summed E-state index contributed by atoms with van der Waals surface area (Å²) in [6, 6.07) is 8.61. The highest BCUT2D eigenvalue weighted by Gasteiger charge is 2.10. The first kappa shape index (κ1) is 14.0. The fourth-order valence-corrected chi connectivity index (χ4v) is 1.78. The molecule has 0 aliphatic carbocycles.